The Morgan fingerprint density at radius 3 is 2.24 bits per heavy atom. The van der Waals surface area contributed by atoms with E-state index in [-0.39, 0.29) is 17.7 Å². The Labute approximate surface area is 123 Å². The van der Waals surface area contributed by atoms with E-state index in [1.807, 2.05) is 18.2 Å². The van der Waals surface area contributed by atoms with Crippen LogP contribution in [-0.4, -0.2) is 0 Å². The maximum atomic E-state index is 13.8. The summed E-state index contributed by atoms with van der Waals surface area (Å²) in [6, 6.07) is 13.6. The molecule has 0 aromatic heterocycles. The fourth-order valence-electron chi connectivity index (χ4n) is 3.43. The number of halogens is 1. The minimum Gasteiger partial charge on any atom is -0.207 e. The molecule has 0 radical (unpaired) electrons. The number of allylic oxidation sites excluding steroid dienone is 6. The molecule has 1 atom stereocenters. The van der Waals surface area contributed by atoms with Gasteiger partial charge in [-0.1, -0.05) is 66.8 Å². The maximum Gasteiger partial charge on any atom is 0.123 e. The van der Waals surface area contributed by atoms with E-state index in [0.29, 0.717) is 0 Å². The van der Waals surface area contributed by atoms with Crippen molar-refractivity contribution in [2.75, 3.05) is 0 Å². The van der Waals surface area contributed by atoms with Crippen molar-refractivity contribution in [1.82, 2.24) is 0 Å². The highest BCUT2D eigenvalue weighted by Gasteiger charge is 2.32. The van der Waals surface area contributed by atoms with Gasteiger partial charge in [-0.3, -0.25) is 0 Å². The SMILES string of the molecule is Fc1ccc2c(c1)C(C1C=CC=CC=C1)c1ccccc1-2. The van der Waals surface area contributed by atoms with Crippen LogP contribution in [0.3, 0.4) is 0 Å². The van der Waals surface area contributed by atoms with Crippen LogP contribution in [0.25, 0.3) is 11.1 Å². The van der Waals surface area contributed by atoms with E-state index in [1.54, 1.807) is 12.1 Å². The Morgan fingerprint density at radius 2 is 1.43 bits per heavy atom. The molecule has 0 saturated heterocycles. The second kappa shape index (κ2) is 4.85. The lowest BCUT2D eigenvalue weighted by Crippen LogP contribution is -2.07. The summed E-state index contributed by atoms with van der Waals surface area (Å²) in [4.78, 5) is 0. The van der Waals surface area contributed by atoms with Gasteiger partial charge in [0.05, 0.1) is 0 Å². The first kappa shape index (κ1) is 12.3. The molecule has 2 aliphatic carbocycles. The lowest BCUT2D eigenvalue weighted by molar-refractivity contribution is 0.619. The molecule has 4 rings (SSSR count). The summed E-state index contributed by atoms with van der Waals surface area (Å²) in [5, 5.41) is 0. The molecule has 0 heterocycles. The number of rotatable bonds is 1. The van der Waals surface area contributed by atoms with Gasteiger partial charge in [-0.05, 0) is 34.4 Å². The Balaban J connectivity index is 1.93. The van der Waals surface area contributed by atoms with E-state index >= 15 is 0 Å². The van der Waals surface area contributed by atoms with Crippen molar-refractivity contribution in [3.05, 3.63) is 95.9 Å². The zero-order valence-electron chi connectivity index (χ0n) is 11.5. The van der Waals surface area contributed by atoms with Crippen molar-refractivity contribution < 1.29 is 4.39 Å². The topological polar surface area (TPSA) is 0 Å². The largest absolute Gasteiger partial charge is 0.207 e. The molecule has 21 heavy (non-hydrogen) atoms. The van der Waals surface area contributed by atoms with Gasteiger partial charge >= 0.3 is 0 Å². The quantitative estimate of drug-likeness (QED) is 0.667. The Kier molecular flexibility index (Phi) is 2.85. The molecule has 0 amide bonds. The predicted octanol–water partition coefficient (Wildman–Crippen LogP) is 5.24. The summed E-state index contributed by atoms with van der Waals surface area (Å²) in [6.45, 7) is 0. The molecule has 0 N–H and O–H groups in total. The third kappa shape index (κ3) is 1.97. The fraction of sp³-hybridized carbons (Fsp3) is 0.100. The van der Waals surface area contributed by atoms with Crippen LogP contribution >= 0.6 is 0 Å². The van der Waals surface area contributed by atoms with Gasteiger partial charge in [0.1, 0.15) is 5.82 Å². The number of hydrogen-bond acceptors (Lipinski definition) is 0. The average Bonchev–Trinajstić information content (AvgIpc) is 2.66. The van der Waals surface area contributed by atoms with Crippen molar-refractivity contribution in [2.45, 2.75) is 5.92 Å². The van der Waals surface area contributed by atoms with Crippen molar-refractivity contribution in [2.24, 2.45) is 5.92 Å². The highest BCUT2D eigenvalue weighted by Crippen LogP contribution is 2.49. The van der Waals surface area contributed by atoms with Crippen LogP contribution in [0, 0.1) is 11.7 Å². The molecule has 2 aromatic carbocycles. The van der Waals surface area contributed by atoms with Crippen LogP contribution in [0.4, 0.5) is 4.39 Å². The number of benzene rings is 2. The summed E-state index contributed by atoms with van der Waals surface area (Å²) in [6.07, 6.45) is 12.6. The van der Waals surface area contributed by atoms with Crippen LogP contribution in [0.5, 0.6) is 0 Å². The molecule has 0 fully saturated rings. The third-order valence-corrected chi connectivity index (χ3v) is 4.32. The zero-order chi connectivity index (χ0) is 14.2. The van der Waals surface area contributed by atoms with Crippen LogP contribution in [0.15, 0.2) is 78.9 Å². The van der Waals surface area contributed by atoms with Crippen molar-refractivity contribution in [1.29, 1.82) is 0 Å². The molecular formula is C20H15F. The Bertz CT molecular complexity index is 764. The molecular weight excluding hydrogens is 259 g/mol. The molecule has 0 bridgehead atoms. The molecule has 0 saturated carbocycles. The minimum atomic E-state index is -0.161. The summed E-state index contributed by atoms with van der Waals surface area (Å²) in [5.41, 5.74) is 4.78. The van der Waals surface area contributed by atoms with Crippen LogP contribution in [0.2, 0.25) is 0 Å². The average molecular weight is 274 g/mol. The zero-order valence-corrected chi connectivity index (χ0v) is 11.5. The van der Waals surface area contributed by atoms with Gasteiger partial charge in [-0.25, -0.2) is 4.39 Å². The number of hydrogen-bond donors (Lipinski definition) is 0. The lowest BCUT2D eigenvalue weighted by Gasteiger charge is -2.19. The molecule has 2 aliphatic rings. The second-order valence-corrected chi connectivity index (χ2v) is 5.53. The second-order valence-electron chi connectivity index (χ2n) is 5.53. The summed E-state index contributed by atoms with van der Waals surface area (Å²) in [5.74, 6) is 0.287. The molecule has 1 heteroatoms. The third-order valence-electron chi connectivity index (χ3n) is 4.32. The van der Waals surface area contributed by atoms with Gasteiger partial charge in [-0.2, -0.15) is 0 Å². The van der Waals surface area contributed by atoms with Gasteiger partial charge in [0, 0.05) is 11.8 Å². The van der Waals surface area contributed by atoms with Crippen LogP contribution < -0.4 is 0 Å². The van der Waals surface area contributed by atoms with E-state index in [9.17, 15) is 4.39 Å². The smallest absolute Gasteiger partial charge is 0.123 e. The van der Waals surface area contributed by atoms with Crippen LogP contribution in [0.1, 0.15) is 17.0 Å². The fourth-order valence-corrected chi connectivity index (χ4v) is 3.43. The highest BCUT2D eigenvalue weighted by atomic mass is 19.1. The minimum absolute atomic E-state index is 0.161. The van der Waals surface area contributed by atoms with E-state index in [4.69, 9.17) is 0 Å². The number of fused-ring (bicyclic) bond motifs is 3. The van der Waals surface area contributed by atoms with Gasteiger partial charge in [0.15, 0.2) is 0 Å². The van der Waals surface area contributed by atoms with Crippen molar-refractivity contribution in [3.63, 3.8) is 0 Å². The highest BCUT2D eigenvalue weighted by molar-refractivity contribution is 5.79. The monoisotopic (exact) mass is 274 g/mol. The summed E-state index contributed by atoms with van der Waals surface area (Å²) < 4.78 is 13.8. The Hall–Kier alpha value is -2.41. The molecule has 102 valence electrons. The molecule has 0 aliphatic heterocycles. The predicted molar refractivity (Wildman–Crippen MR) is 84.6 cm³/mol. The van der Waals surface area contributed by atoms with E-state index in [1.165, 1.54) is 11.1 Å². The molecule has 2 aromatic rings. The first-order valence-electron chi connectivity index (χ1n) is 7.25. The summed E-state index contributed by atoms with van der Waals surface area (Å²) >= 11 is 0. The van der Waals surface area contributed by atoms with Gasteiger partial charge in [-0.15, -0.1) is 0 Å². The molecule has 0 spiro atoms. The maximum absolute atomic E-state index is 13.8. The van der Waals surface area contributed by atoms with Gasteiger partial charge in [0.2, 0.25) is 0 Å². The normalized spacial score (nSPS) is 19.4. The van der Waals surface area contributed by atoms with Crippen molar-refractivity contribution >= 4 is 0 Å². The van der Waals surface area contributed by atoms with Crippen LogP contribution in [-0.2, 0) is 0 Å². The molecule has 1 unspecified atom stereocenters. The van der Waals surface area contributed by atoms with E-state index < -0.39 is 0 Å². The summed E-state index contributed by atoms with van der Waals surface area (Å²) in [7, 11) is 0. The Morgan fingerprint density at radius 1 is 0.714 bits per heavy atom. The van der Waals surface area contributed by atoms with Gasteiger partial charge in [0.25, 0.3) is 0 Å². The van der Waals surface area contributed by atoms with Crippen molar-refractivity contribution in [3.8, 4) is 11.1 Å². The standard InChI is InChI=1S/C20H15F/c21-15-11-12-17-16-9-5-6-10-18(16)20(19(17)13-15)14-7-3-1-2-4-8-14/h1-14,20H. The first-order chi connectivity index (χ1) is 10.3. The molecule has 0 nitrogen and oxygen atoms in total. The lowest BCUT2D eigenvalue weighted by atomic mass is 9.84. The van der Waals surface area contributed by atoms with E-state index in [0.717, 1.165) is 11.1 Å². The van der Waals surface area contributed by atoms with E-state index in [2.05, 4.69) is 48.6 Å². The first-order valence-corrected chi connectivity index (χ1v) is 7.25. The van der Waals surface area contributed by atoms with Gasteiger partial charge < -0.3 is 0 Å².